The summed E-state index contributed by atoms with van der Waals surface area (Å²) >= 11 is 0. The van der Waals surface area contributed by atoms with Crippen LogP contribution in [0.3, 0.4) is 0 Å². The number of aromatic nitrogens is 2. The summed E-state index contributed by atoms with van der Waals surface area (Å²) in [7, 11) is 3.05. The quantitative estimate of drug-likeness (QED) is 0.410. The molecule has 4 aromatic rings. The van der Waals surface area contributed by atoms with Gasteiger partial charge in [0.2, 0.25) is 5.91 Å². The predicted octanol–water partition coefficient (Wildman–Crippen LogP) is 4.39. The molecule has 8 heteroatoms. The molecule has 1 aromatic heterocycles. The Morgan fingerprint density at radius 3 is 2.26 bits per heavy atom. The molecule has 0 aliphatic carbocycles. The third-order valence-corrected chi connectivity index (χ3v) is 5.02. The van der Waals surface area contributed by atoms with Crippen molar-refractivity contribution in [1.29, 1.82) is 0 Å². The van der Waals surface area contributed by atoms with E-state index in [0.717, 1.165) is 11.3 Å². The van der Waals surface area contributed by atoms with E-state index in [1.165, 1.54) is 7.11 Å². The summed E-state index contributed by atoms with van der Waals surface area (Å²) in [5.41, 5.74) is 3.73. The van der Waals surface area contributed by atoms with Crippen molar-refractivity contribution in [2.24, 2.45) is 0 Å². The van der Waals surface area contributed by atoms with Crippen LogP contribution >= 0.6 is 0 Å². The fourth-order valence-electron chi connectivity index (χ4n) is 3.40. The maximum absolute atomic E-state index is 13.3. The van der Waals surface area contributed by atoms with Gasteiger partial charge in [-0.25, -0.2) is 4.68 Å². The van der Waals surface area contributed by atoms with Crippen molar-refractivity contribution in [2.45, 2.75) is 0 Å². The van der Waals surface area contributed by atoms with Crippen molar-refractivity contribution in [3.8, 4) is 22.7 Å². The Bertz CT molecular complexity index is 1280. The van der Waals surface area contributed by atoms with Crippen LogP contribution in [0.2, 0.25) is 0 Å². The molecule has 0 aliphatic rings. The summed E-state index contributed by atoms with van der Waals surface area (Å²) < 4.78 is 11.8. The van der Waals surface area contributed by atoms with Crippen molar-refractivity contribution in [3.63, 3.8) is 0 Å². The smallest absolute Gasteiger partial charge is 0.259 e. The van der Waals surface area contributed by atoms with Crippen molar-refractivity contribution in [3.05, 3.63) is 90.6 Å². The lowest BCUT2D eigenvalue weighted by atomic mass is 10.1. The predicted molar refractivity (Wildman–Crippen MR) is 130 cm³/mol. The van der Waals surface area contributed by atoms with Gasteiger partial charge in [0.15, 0.2) is 0 Å². The van der Waals surface area contributed by atoms with Crippen LogP contribution in [-0.2, 0) is 9.53 Å². The summed E-state index contributed by atoms with van der Waals surface area (Å²) in [4.78, 5) is 24.9. The first-order chi connectivity index (χ1) is 16.6. The van der Waals surface area contributed by atoms with Gasteiger partial charge in [0.05, 0.1) is 18.4 Å². The number of anilines is 2. The summed E-state index contributed by atoms with van der Waals surface area (Å²) in [6, 6.07) is 23.8. The first-order valence-corrected chi connectivity index (χ1v) is 10.6. The van der Waals surface area contributed by atoms with Gasteiger partial charge in [0, 0.05) is 30.2 Å². The number of nitrogens with one attached hydrogen (secondary N) is 2. The van der Waals surface area contributed by atoms with Gasteiger partial charge in [-0.05, 0) is 48.5 Å². The highest BCUT2D eigenvalue weighted by Crippen LogP contribution is 2.28. The molecule has 4 rings (SSSR count). The lowest BCUT2D eigenvalue weighted by Crippen LogP contribution is -2.17. The molecule has 2 N–H and O–H groups in total. The molecule has 0 saturated carbocycles. The molecule has 0 saturated heterocycles. The lowest BCUT2D eigenvalue weighted by Gasteiger charge is -2.08. The van der Waals surface area contributed by atoms with E-state index in [0.29, 0.717) is 28.4 Å². The van der Waals surface area contributed by atoms with Gasteiger partial charge in [0.1, 0.15) is 18.1 Å². The van der Waals surface area contributed by atoms with Crippen LogP contribution in [-0.4, -0.2) is 42.4 Å². The van der Waals surface area contributed by atoms with Crippen molar-refractivity contribution < 1.29 is 19.1 Å². The van der Waals surface area contributed by atoms with E-state index in [-0.39, 0.29) is 18.4 Å². The Labute approximate surface area is 197 Å². The number of amides is 2. The molecule has 2 amide bonds. The first kappa shape index (κ1) is 22.8. The van der Waals surface area contributed by atoms with E-state index >= 15 is 0 Å². The highest BCUT2D eigenvalue weighted by atomic mass is 16.5. The number of benzene rings is 3. The zero-order chi connectivity index (χ0) is 23.9. The second-order valence-corrected chi connectivity index (χ2v) is 7.42. The van der Waals surface area contributed by atoms with Gasteiger partial charge in [-0.3, -0.25) is 9.59 Å². The lowest BCUT2D eigenvalue weighted by molar-refractivity contribution is -0.119. The summed E-state index contributed by atoms with van der Waals surface area (Å²) in [5.74, 6) is 0.107. The molecular weight excluding hydrogens is 432 g/mol. The van der Waals surface area contributed by atoms with Gasteiger partial charge < -0.3 is 20.1 Å². The van der Waals surface area contributed by atoms with E-state index in [2.05, 4.69) is 10.6 Å². The maximum Gasteiger partial charge on any atom is 0.259 e. The SMILES string of the molecule is COCC(=O)Nc1ccc(NC(=O)c2cn(-c3ccccc3)nc2-c2cccc(OC)c2)cc1. The third-order valence-electron chi connectivity index (χ3n) is 5.02. The second-order valence-electron chi connectivity index (χ2n) is 7.42. The normalized spacial score (nSPS) is 10.5. The standard InChI is InChI=1S/C26H24N4O4/c1-33-17-24(31)27-19-11-13-20(14-12-19)28-26(32)23-16-30(21-8-4-3-5-9-21)29-25(23)18-7-6-10-22(15-18)34-2/h3-16H,17H2,1-2H3,(H,27,31)(H,28,32). The van der Waals surface area contributed by atoms with E-state index < -0.39 is 0 Å². The molecule has 0 bridgehead atoms. The molecule has 0 radical (unpaired) electrons. The number of carbonyl (C=O) groups is 2. The van der Waals surface area contributed by atoms with E-state index in [1.54, 1.807) is 42.3 Å². The maximum atomic E-state index is 13.3. The minimum atomic E-state index is -0.309. The summed E-state index contributed by atoms with van der Waals surface area (Å²) in [6.45, 7) is -0.0308. The molecule has 0 aliphatic heterocycles. The number of hydrogen-bond acceptors (Lipinski definition) is 5. The fraction of sp³-hybridized carbons (Fsp3) is 0.115. The molecule has 34 heavy (non-hydrogen) atoms. The Balaban J connectivity index is 1.62. The number of hydrogen-bond donors (Lipinski definition) is 2. The first-order valence-electron chi connectivity index (χ1n) is 10.6. The third kappa shape index (κ3) is 5.31. The Morgan fingerprint density at radius 2 is 1.59 bits per heavy atom. The average molecular weight is 457 g/mol. The number of methoxy groups -OCH3 is 2. The minimum Gasteiger partial charge on any atom is -0.497 e. The Kier molecular flexibility index (Phi) is 7.00. The molecule has 0 unspecified atom stereocenters. The fourth-order valence-corrected chi connectivity index (χ4v) is 3.40. The number of para-hydroxylation sites is 1. The summed E-state index contributed by atoms with van der Waals surface area (Å²) in [6.07, 6.45) is 1.71. The van der Waals surface area contributed by atoms with Crippen LogP contribution in [0, 0.1) is 0 Å². The van der Waals surface area contributed by atoms with Crippen molar-refractivity contribution in [1.82, 2.24) is 9.78 Å². The average Bonchev–Trinajstić information content (AvgIpc) is 3.32. The van der Waals surface area contributed by atoms with Crippen LogP contribution in [0.15, 0.2) is 85.1 Å². The topological polar surface area (TPSA) is 94.5 Å². The van der Waals surface area contributed by atoms with Gasteiger partial charge in [-0.15, -0.1) is 0 Å². The van der Waals surface area contributed by atoms with Crippen LogP contribution in [0.4, 0.5) is 11.4 Å². The number of ether oxygens (including phenoxy) is 2. The van der Waals surface area contributed by atoms with Gasteiger partial charge in [-0.2, -0.15) is 5.10 Å². The van der Waals surface area contributed by atoms with Crippen LogP contribution in [0.25, 0.3) is 16.9 Å². The molecular formula is C26H24N4O4. The Morgan fingerprint density at radius 1 is 0.882 bits per heavy atom. The monoisotopic (exact) mass is 456 g/mol. The molecule has 172 valence electrons. The van der Waals surface area contributed by atoms with Crippen molar-refractivity contribution in [2.75, 3.05) is 31.5 Å². The highest BCUT2D eigenvalue weighted by Gasteiger charge is 2.19. The van der Waals surface area contributed by atoms with Crippen LogP contribution in [0.5, 0.6) is 5.75 Å². The van der Waals surface area contributed by atoms with E-state index in [1.807, 2.05) is 54.6 Å². The molecule has 0 fully saturated rings. The molecule has 1 heterocycles. The number of rotatable bonds is 8. The summed E-state index contributed by atoms with van der Waals surface area (Å²) in [5, 5.41) is 10.3. The van der Waals surface area contributed by atoms with Gasteiger partial charge in [0.25, 0.3) is 5.91 Å². The minimum absolute atomic E-state index is 0.0308. The largest absolute Gasteiger partial charge is 0.497 e. The molecule has 8 nitrogen and oxygen atoms in total. The number of carbonyl (C=O) groups excluding carboxylic acids is 2. The van der Waals surface area contributed by atoms with Gasteiger partial charge in [-0.1, -0.05) is 30.3 Å². The van der Waals surface area contributed by atoms with Gasteiger partial charge >= 0.3 is 0 Å². The van der Waals surface area contributed by atoms with E-state index in [4.69, 9.17) is 14.6 Å². The zero-order valence-corrected chi connectivity index (χ0v) is 18.8. The zero-order valence-electron chi connectivity index (χ0n) is 18.8. The van der Waals surface area contributed by atoms with E-state index in [9.17, 15) is 9.59 Å². The van der Waals surface area contributed by atoms with Crippen LogP contribution < -0.4 is 15.4 Å². The highest BCUT2D eigenvalue weighted by molar-refractivity contribution is 6.08. The van der Waals surface area contributed by atoms with Crippen LogP contribution in [0.1, 0.15) is 10.4 Å². The molecule has 3 aromatic carbocycles. The Hall–Kier alpha value is -4.43. The second kappa shape index (κ2) is 10.5. The number of nitrogens with zero attached hydrogens (tertiary/aromatic N) is 2. The molecule has 0 atom stereocenters. The van der Waals surface area contributed by atoms with Crippen molar-refractivity contribution >= 4 is 23.2 Å². The molecule has 0 spiro atoms.